The number of carbonyl (C=O) groups is 2. The number of hydrogen-bond acceptors (Lipinski definition) is 3. The van der Waals surface area contributed by atoms with Gasteiger partial charge >= 0.3 is 0 Å². The Labute approximate surface area is 130 Å². The number of para-hydroxylation sites is 1. The Bertz CT molecular complexity index is 559. The molecule has 0 unspecified atom stereocenters. The number of nitrogens with one attached hydrogen (secondary N) is 1. The van der Waals surface area contributed by atoms with Crippen molar-refractivity contribution >= 4 is 11.8 Å². The molecular weight excluding hydrogens is 280 g/mol. The van der Waals surface area contributed by atoms with Gasteiger partial charge in [-0.1, -0.05) is 18.2 Å². The zero-order valence-corrected chi connectivity index (χ0v) is 12.7. The molecule has 0 radical (unpaired) electrons. The Morgan fingerprint density at radius 3 is 3.05 bits per heavy atom. The Kier molecular flexibility index (Phi) is 4.61. The molecule has 118 valence electrons. The number of amides is 2. The first-order valence-electron chi connectivity index (χ1n) is 7.97. The fourth-order valence-corrected chi connectivity index (χ4v) is 3.04. The van der Waals surface area contributed by atoms with Crippen molar-refractivity contribution in [3.05, 3.63) is 29.8 Å². The van der Waals surface area contributed by atoms with Gasteiger partial charge in [-0.25, -0.2) is 0 Å². The molecule has 2 amide bonds. The van der Waals surface area contributed by atoms with Crippen LogP contribution in [0, 0.1) is 5.92 Å². The highest BCUT2D eigenvalue weighted by atomic mass is 16.5. The van der Waals surface area contributed by atoms with Crippen LogP contribution in [0.5, 0.6) is 5.75 Å². The minimum absolute atomic E-state index is 0.0749. The van der Waals surface area contributed by atoms with E-state index in [1.807, 2.05) is 18.2 Å². The number of fused-ring (bicyclic) bond motifs is 1. The van der Waals surface area contributed by atoms with Gasteiger partial charge in [0.05, 0.1) is 13.2 Å². The van der Waals surface area contributed by atoms with Crippen LogP contribution in [0.2, 0.25) is 0 Å². The average molecular weight is 302 g/mol. The maximum Gasteiger partial charge on any atom is 0.239 e. The van der Waals surface area contributed by atoms with Crippen molar-refractivity contribution < 1.29 is 14.3 Å². The van der Waals surface area contributed by atoms with E-state index in [2.05, 4.69) is 11.4 Å². The summed E-state index contributed by atoms with van der Waals surface area (Å²) in [6, 6.07) is 8.02. The lowest BCUT2D eigenvalue weighted by atomic mass is 9.97. The standard InChI is InChI=1S/C17H22N2O3/c20-16(11-19-8-4-3-7-17(19)21)18-10-13-9-14-5-1-2-6-15(14)22-12-13/h1-2,5-6,13H,3-4,7-12H2,(H,18,20)/t13-/m0/s1. The van der Waals surface area contributed by atoms with E-state index in [4.69, 9.17) is 4.74 Å². The fourth-order valence-electron chi connectivity index (χ4n) is 3.04. The van der Waals surface area contributed by atoms with Crippen LogP contribution in [-0.4, -0.2) is 43.0 Å². The lowest BCUT2D eigenvalue weighted by Crippen LogP contribution is -2.44. The quantitative estimate of drug-likeness (QED) is 0.914. The summed E-state index contributed by atoms with van der Waals surface area (Å²) in [5.74, 6) is 1.25. The third kappa shape index (κ3) is 3.59. The molecule has 3 rings (SSSR count). The molecule has 0 aromatic heterocycles. The lowest BCUT2D eigenvalue weighted by molar-refractivity contribution is -0.137. The van der Waals surface area contributed by atoms with Gasteiger partial charge in [-0.2, -0.15) is 0 Å². The van der Waals surface area contributed by atoms with Crippen molar-refractivity contribution in [2.45, 2.75) is 25.7 Å². The molecule has 1 aromatic rings. The molecule has 2 aliphatic heterocycles. The predicted octanol–water partition coefficient (Wildman–Crippen LogP) is 1.37. The maximum atomic E-state index is 12.0. The van der Waals surface area contributed by atoms with Crippen LogP contribution in [0.4, 0.5) is 0 Å². The molecule has 0 aliphatic carbocycles. The van der Waals surface area contributed by atoms with Gasteiger partial charge in [0.1, 0.15) is 5.75 Å². The van der Waals surface area contributed by atoms with Crippen molar-refractivity contribution in [3.8, 4) is 5.75 Å². The number of hydrogen-bond donors (Lipinski definition) is 1. The molecule has 1 atom stereocenters. The third-order valence-electron chi connectivity index (χ3n) is 4.30. The largest absolute Gasteiger partial charge is 0.493 e. The van der Waals surface area contributed by atoms with Crippen LogP contribution in [0.15, 0.2) is 24.3 Å². The molecule has 5 nitrogen and oxygen atoms in total. The highest BCUT2D eigenvalue weighted by Gasteiger charge is 2.22. The summed E-state index contributed by atoms with van der Waals surface area (Å²) in [6.07, 6.45) is 3.42. The predicted molar refractivity (Wildman–Crippen MR) is 82.6 cm³/mol. The minimum Gasteiger partial charge on any atom is -0.493 e. The monoisotopic (exact) mass is 302 g/mol. The van der Waals surface area contributed by atoms with Crippen LogP contribution in [-0.2, 0) is 16.0 Å². The zero-order valence-electron chi connectivity index (χ0n) is 12.7. The highest BCUT2D eigenvalue weighted by molar-refractivity contribution is 5.85. The van der Waals surface area contributed by atoms with Gasteiger partial charge in [0.25, 0.3) is 0 Å². The normalized spacial score (nSPS) is 21.0. The summed E-state index contributed by atoms with van der Waals surface area (Å²) in [4.78, 5) is 25.4. The molecule has 1 N–H and O–H groups in total. The zero-order chi connectivity index (χ0) is 15.4. The summed E-state index contributed by atoms with van der Waals surface area (Å²) in [6.45, 7) is 2.10. The van der Waals surface area contributed by atoms with Gasteiger partial charge in [0.2, 0.25) is 11.8 Å². The number of benzene rings is 1. The number of rotatable bonds is 4. The van der Waals surface area contributed by atoms with E-state index in [9.17, 15) is 9.59 Å². The van der Waals surface area contributed by atoms with Gasteiger partial charge in [0, 0.05) is 25.4 Å². The van der Waals surface area contributed by atoms with Gasteiger partial charge in [-0.05, 0) is 30.9 Å². The molecule has 2 aliphatic rings. The van der Waals surface area contributed by atoms with Crippen molar-refractivity contribution in [1.29, 1.82) is 0 Å². The summed E-state index contributed by atoms with van der Waals surface area (Å²) in [7, 11) is 0. The van der Waals surface area contributed by atoms with Crippen LogP contribution >= 0.6 is 0 Å². The van der Waals surface area contributed by atoms with E-state index in [0.29, 0.717) is 26.1 Å². The number of nitrogens with zero attached hydrogens (tertiary/aromatic N) is 1. The Hall–Kier alpha value is -2.04. The van der Waals surface area contributed by atoms with E-state index >= 15 is 0 Å². The topological polar surface area (TPSA) is 58.6 Å². The summed E-state index contributed by atoms with van der Waals surface area (Å²) in [5.41, 5.74) is 1.19. The van der Waals surface area contributed by atoms with Crippen LogP contribution < -0.4 is 10.1 Å². The van der Waals surface area contributed by atoms with E-state index in [1.54, 1.807) is 4.90 Å². The Balaban J connectivity index is 1.45. The minimum atomic E-state index is -0.0749. The van der Waals surface area contributed by atoms with Crippen molar-refractivity contribution in [3.63, 3.8) is 0 Å². The first kappa shape index (κ1) is 14.9. The van der Waals surface area contributed by atoms with E-state index in [1.165, 1.54) is 5.56 Å². The van der Waals surface area contributed by atoms with Crippen molar-refractivity contribution in [2.75, 3.05) is 26.2 Å². The lowest BCUT2D eigenvalue weighted by Gasteiger charge is -2.27. The van der Waals surface area contributed by atoms with Crippen LogP contribution in [0.1, 0.15) is 24.8 Å². The third-order valence-corrected chi connectivity index (χ3v) is 4.30. The maximum absolute atomic E-state index is 12.0. The summed E-state index contributed by atoms with van der Waals surface area (Å²) in [5, 5.41) is 2.94. The second-order valence-corrected chi connectivity index (χ2v) is 6.07. The van der Waals surface area contributed by atoms with E-state index < -0.39 is 0 Å². The molecule has 1 aromatic carbocycles. The fraction of sp³-hybridized carbons (Fsp3) is 0.529. The van der Waals surface area contributed by atoms with Gasteiger partial charge in [-0.15, -0.1) is 0 Å². The smallest absolute Gasteiger partial charge is 0.239 e. The number of likely N-dealkylation sites (tertiary alicyclic amines) is 1. The van der Waals surface area contributed by atoms with Crippen molar-refractivity contribution in [1.82, 2.24) is 10.2 Å². The van der Waals surface area contributed by atoms with Crippen LogP contribution in [0.3, 0.4) is 0 Å². The van der Waals surface area contributed by atoms with Crippen LogP contribution in [0.25, 0.3) is 0 Å². The molecular formula is C17H22N2O3. The van der Waals surface area contributed by atoms with E-state index in [0.717, 1.165) is 25.0 Å². The molecule has 2 heterocycles. The average Bonchev–Trinajstić information content (AvgIpc) is 2.55. The summed E-state index contributed by atoms with van der Waals surface area (Å²) >= 11 is 0. The first-order chi connectivity index (χ1) is 10.7. The molecule has 1 fully saturated rings. The Morgan fingerprint density at radius 2 is 2.18 bits per heavy atom. The number of piperidine rings is 1. The molecule has 5 heteroatoms. The van der Waals surface area contributed by atoms with E-state index in [-0.39, 0.29) is 24.3 Å². The second-order valence-electron chi connectivity index (χ2n) is 6.07. The summed E-state index contributed by atoms with van der Waals surface area (Å²) < 4.78 is 5.72. The number of carbonyl (C=O) groups excluding carboxylic acids is 2. The van der Waals surface area contributed by atoms with Crippen molar-refractivity contribution in [2.24, 2.45) is 5.92 Å². The van der Waals surface area contributed by atoms with Gasteiger partial charge in [0.15, 0.2) is 0 Å². The van der Waals surface area contributed by atoms with Gasteiger partial charge < -0.3 is 15.0 Å². The number of ether oxygens (including phenoxy) is 1. The SMILES string of the molecule is O=C(CN1CCCCC1=O)NC[C@H]1COc2ccccc2C1. The molecule has 1 saturated heterocycles. The molecule has 0 saturated carbocycles. The second kappa shape index (κ2) is 6.81. The molecule has 0 spiro atoms. The first-order valence-corrected chi connectivity index (χ1v) is 7.97. The molecule has 0 bridgehead atoms. The Morgan fingerprint density at radius 1 is 1.32 bits per heavy atom. The highest BCUT2D eigenvalue weighted by Crippen LogP contribution is 2.26. The van der Waals surface area contributed by atoms with Gasteiger partial charge in [-0.3, -0.25) is 9.59 Å². The molecule has 22 heavy (non-hydrogen) atoms.